The first-order valence-electron chi connectivity index (χ1n) is 7.45. The second-order valence-electron chi connectivity index (χ2n) is 5.51. The lowest BCUT2D eigenvalue weighted by atomic mass is 10.0. The fourth-order valence-electron chi connectivity index (χ4n) is 2.55. The summed E-state index contributed by atoms with van der Waals surface area (Å²) in [5.41, 5.74) is 2.72. The van der Waals surface area contributed by atoms with Gasteiger partial charge in [-0.3, -0.25) is 4.99 Å². The van der Waals surface area contributed by atoms with Crippen LogP contribution in [0.5, 0.6) is 11.5 Å². The van der Waals surface area contributed by atoms with Gasteiger partial charge >= 0.3 is 5.63 Å². The smallest absolute Gasteiger partial charge is 0.336 e. The summed E-state index contributed by atoms with van der Waals surface area (Å²) < 4.78 is 10.3. The van der Waals surface area contributed by atoms with Crippen LogP contribution in [0.15, 0.2) is 56.7 Å². The lowest BCUT2D eigenvalue weighted by molar-refractivity contribution is 0.415. The van der Waals surface area contributed by atoms with E-state index < -0.39 is 5.63 Å². The first-order valence-corrected chi connectivity index (χ1v) is 7.45. The molecule has 2 aromatic carbocycles. The van der Waals surface area contributed by atoms with E-state index in [1.807, 2.05) is 38.1 Å². The topological polar surface area (TPSA) is 72.0 Å². The molecule has 0 unspecified atom stereocenters. The minimum absolute atomic E-state index is 0.0195. The number of ether oxygens (including phenoxy) is 1. The molecule has 0 bridgehead atoms. The molecule has 0 fully saturated rings. The summed E-state index contributed by atoms with van der Waals surface area (Å²) in [6.45, 7) is 3.65. The molecule has 5 heteroatoms. The molecule has 0 radical (unpaired) electrons. The molecule has 0 aliphatic heterocycles. The Labute approximate surface area is 138 Å². The van der Waals surface area contributed by atoms with Crippen molar-refractivity contribution in [2.75, 3.05) is 7.11 Å². The molecule has 0 aliphatic carbocycles. The molecule has 5 nitrogen and oxygen atoms in total. The minimum atomic E-state index is -0.434. The first-order chi connectivity index (χ1) is 11.5. The van der Waals surface area contributed by atoms with Crippen LogP contribution in [0.4, 0.5) is 5.69 Å². The Kier molecular flexibility index (Phi) is 4.08. The second-order valence-corrected chi connectivity index (χ2v) is 5.51. The van der Waals surface area contributed by atoms with Crippen LogP contribution in [0.2, 0.25) is 0 Å². The zero-order chi connectivity index (χ0) is 17.3. The average Bonchev–Trinajstić information content (AvgIpc) is 2.54. The van der Waals surface area contributed by atoms with Gasteiger partial charge in [-0.05, 0) is 49.7 Å². The molecule has 1 heterocycles. The number of phenols is 1. The highest BCUT2D eigenvalue weighted by molar-refractivity contribution is 6.05. The molecule has 1 N–H and O–H groups in total. The number of fused-ring (bicyclic) bond motifs is 1. The summed E-state index contributed by atoms with van der Waals surface area (Å²) in [7, 11) is 1.61. The van der Waals surface area contributed by atoms with Crippen molar-refractivity contribution >= 4 is 22.4 Å². The molecule has 24 heavy (non-hydrogen) atoms. The van der Waals surface area contributed by atoms with Gasteiger partial charge in [-0.1, -0.05) is 0 Å². The Morgan fingerprint density at radius 3 is 2.54 bits per heavy atom. The zero-order valence-electron chi connectivity index (χ0n) is 13.7. The van der Waals surface area contributed by atoms with Gasteiger partial charge < -0.3 is 14.3 Å². The van der Waals surface area contributed by atoms with Crippen molar-refractivity contribution in [1.82, 2.24) is 0 Å². The monoisotopic (exact) mass is 323 g/mol. The average molecular weight is 323 g/mol. The molecule has 3 rings (SSSR count). The quantitative estimate of drug-likeness (QED) is 0.585. The number of aromatic hydroxyl groups is 1. The van der Waals surface area contributed by atoms with Gasteiger partial charge in [0.05, 0.1) is 12.8 Å². The molecule has 122 valence electrons. The van der Waals surface area contributed by atoms with Gasteiger partial charge in [0.15, 0.2) is 0 Å². The Morgan fingerprint density at radius 2 is 1.88 bits per heavy atom. The molecule has 0 amide bonds. The van der Waals surface area contributed by atoms with Gasteiger partial charge in [0.1, 0.15) is 17.1 Å². The van der Waals surface area contributed by atoms with Crippen molar-refractivity contribution in [1.29, 1.82) is 0 Å². The maximum atomic E-state index is 11.4. The van der Waals surface area contributed by atoms with Gasteiger partial charge in [-0.25, -0.2) is 4.79 Å². The third-order valence-corrected chi connectivity index (χ3v) is 3.83. The second kappa shape index (κ2) is 6.20. The van der Waals surface area contributed by atoms with E-state index >= 15 is 0 Å². The van der Waals surface area contributed by atoms with Crippen LogP contribution in [0, 0.1) is 6.92 Å². The number of phenolic OH excluding ortho intramolecular Hbond substituents is 1. The van der Waals surface area contributed by atoms with E-state index in [1.165, 1.54) is 12.1 Å². The van der Waals surface area contributed by atoms with E-state index in [-0.39, 0.29) is 5.75 Å². The van der Waals surface area contributed by atoms with Crippen LogP contribution >= 0.6 is 0 Å². The number of hydrogen-bond acceptors (Lipinski definition) is 5. The number of hydrogen-bond donors (Lipinski definition) is 1. The number of rotatable bonds is 3. The lowest BCUT2D eigenvalue weighted by Gasteiger charge is -2.08. The van der Waals surface area contributed by atoms with Crippen LogP contribution < -0.4 is 10.4 Å². The van der Waals surface area contributed by atoms with Crippen LogP contribution in [-0.2, 0) is 0 Å². The molecule has 0 saturated carbocycles. The van der Waals surface area contributed by atoms with E-state index in [2.05, 4.69) is 4.99 Å². The third-order valence-electron chi connectivity index (χ3n) is 3.83. The highest BCUT2D eigenvalue weighted by Gasteiger charge is 2.11. The van der Waals surface area contributed by atoms with Gasteiger partial charge in [0, 0.05) is 28.8 Å². The summed E-state index contributed by atoms with van der Waals surface area (Å²) in [6, 6.07) is 12.0. The van der Waals surface area contributed by atoms with Gasteiger partial charge in [0.2, 0.25) is 0 Å². The van der Waals surface area contributed by atoms with Crippen molar-refractivity contribution in [3.8, 4) is 11.5 Å². The molecule has 0 spiro atoms. The number of benzene rings is 2. The molecule has 1 aromatic heterocycles. The Bertz CT molecular complexity index is 985. The van der Waals surface area contributed by atoms with Crippen molar-refractivity contribution in [2.45, 2.75) is 13.8 Å². The van der Waals surface area contributed by atoms with Crippen molar-refractivity contribution in [3.05, 3.63) is 64.0 Å². The van der Waals surface area contributed by atoms with E-state index in [4.69, 9.17) is 9.15 Å². The predicted octanol–water partition coefficient (Wildman–Crippen LogP) is 3.96. The Hall–Kier alpha value is -3.08. The summed E-state index contributed by atoms with van der Waals surface area (Å²) >= 11 is 0. The lowest BCUT2D eigenvalue weighted by Crippen LogP contribution is -2.00. The van der Waals surface area contributed by atoms with Crippen molar-refractivity contribution < 1.29 is 14.3 Å². The molecule has 0 atom stereocenters. The van der Waals surface area contributed by atoms with E-state index in [0.717, 1.165) is 22.4 Å². The summed E-state index contributed by atoms with van der Waals surface area (Å²) in [5.74, 6) is 0.775. The zero-order valence-corrected chi connectivity index (χ0v) is 13.7. The highest BCUT2D eigenvalue weighted by Crippen LogP contribution is 2.28. The Morgan fingerprint density at radius 1 is 1.17 bits per heavy atom. The molecule has 0 aliphatic rings. The fourth-order valence-corrected chi connectivity index (χ4v) is 2.55. The van der Waals surface area contributed by atoms with Crippen LogP contribution in [-0.4, -0.2) is 17.9 Å². The predicted molar refractivity (Wildman–Crippen MR) is 93.8 cm³/mol. The van der Waals surface area contributed by atoms with Crippen LogP contribution in [0.25, 0.3) is 11.0 Å². The first kappa shape index (κ1) is 15.8. The SMILES string of the molecule is COc1ccc(N=C(C)c2cc3c(C)cc(=O)oc3cc2O)cc1. The van der Waals surface area contributed by atoms with E-state index in [0.29, 0.717) is 16.9 Å². The van der Waals surface area contributed by atoms with Crippen LogP contribution in [0.3, 0.4) is 0 Å². The standard InChI is InChI=1S/C19H17NO4/c1-11-8-19(22)24-18-10-17(21)16(9-15(11)18)12(2)20-13-4-6-14(23-3)7-5-13/h4-10,21H,1-3H3. The molecule has 3 aromatic rings. The number of aryl methyl sites for hydroxylation is 1. The highest BCUT2D eigenvalue weighted by atomic mass is 16.5. The van der Waals surface area contributed by atoms with Crippen molar-refractivity contribution in [3.63, 3.8) is 0 Å². The van der Waals surface area contributed by atoms with E-state index in [1.54, 1.807) is 13.2 Å². The third kappa shape index (κ3) is 3.01. The normalized spacial score (nSPS) is 11.7. The number of aliphatic imine (C=N–C) groups is 1. The summed E-state index contributed by atoms with van der Waals surface area (Å²) in [4.78, 5) is 16.0. The summed E-state index contributed by atoms with van der Waals surface area (Å²) in [6.07, 6.45) is 0. The largest absolute Gasteiger partial charge is 0.507 e. The molecular formula is C19H17NO4. The maximum absolute atomic E-state index is 11.4. The minimum Gasteiger partial charge on any atom is -0.507 e. The van der Waals surface area contributed by atoms with Gasteiger partial charge in [-0.2, -0.15) is 0 Å². The summed E-state index contributed by atoms with van der Waals surface area (Å²) in [5, 5.41) is 11.0. The Balaban J connectivity index is 2.08. The number of nitrogens with zero attached hydrogens (tertiary/aromatic N) is 1. The van der Waals surface area contributed by atoms with Gasteiger partial charge in [-0.15, -0.1) is 0 Å². The number of methoxy groups -OCH3 is 1. The van der Waals surface area contributed by atoms with E-state index in [9.17, 15) is 9.90 Å². The fraction of sp³-hybridized carbons (Fsp3) is 0.158. The molecule has 0 saturated heterocycles. The maximum Gasteiger partial charge on any atom is 0.336 e. The van der Waals surface area contributed by atoms with Crippen LogP contribution in [0.1, 0.15) is 18.1 Å². The molecular weight excluding hydrogens is 306 g/mol. The van der Waals surface area contributed by atoms with Crippen molar-refractivity contribution in [2.24, 2.45) is 4.99 Å². The van der Waals surface area contributed by atoms with Gasteiger partial charge in [0.25, 0.3) is 0 Å².